The summed E-state index contributed by atoms with van der Waals surface area (Å²) in [6, 6.07) is 4.27. The molecule has 5 heteroatoms. The minimum absolute atomic E-state index is 0.0477. The highest BCUT2D eigenvalue weighted by molar-refractivity contribution is 7.10. The SMILES string of the molecule is O=C(CNC(=O)C1CCCC1)NCC1(c2cccs2)CCCC1. The quantitative estimate of drug-likeness (QED) is 0.840. The molecule has 0 spiro atoms. The van der Waals surface area contributed by atoms with E-state index in [1.807, 2.05) is 0 Å². The summed E-state index contributed by atoms with van der Waals surface area (Å²) in [6.07, 6.45) is 8.94. The van der Waals surface area contributed by atoms with E-state index < -0.39 is 0 Å². The first kappa shape index (κ1) is 16.5. The van der Waals surface area contributed by atoms with E-state index in [4.69, 9.17) is 0 Å². The Balaban J connectivity index is 1.47. The number of carbonyl (C=O) groups is 2. The number of rotatable bonds is 6. The Morgan fingerprint density at radius 3 is 2.52 bits per heavy atom. The van der Waals surface area contributed by atoms with Crippen LogP contribution in [0.2, 0.25) is 0 Å². The molecule has 2 N–H and O–H groups in total. The van der Waals surface area contributed by atoms with Gasteiger partial charge in [-0.2, -0.15) is 0 Å². The van der Waals surface area contributed by atoms with Crippen molar-refractivity contribution in [3.63, 3.8) is 0 Å². The summed E-state index contributed by atoms with van der Waals surface area (Å²) in [5.41, 5.74) is 0.110. The first-order valence-corrected chi connectivity index (χ1v) is 9.66. The van der Waals surface area contributed by atoms with E-state index >= 15 is 0 Å². The van der Waals surface area contributed by atoms with Crippen LogP contribution in [0.4, 0.5) is 0 Å². The Kier molecular flexibility index (Phi) is 5.36. The second-order valence-corrected chi connectivity index (χ2v) is 7.89. The highest BCUT2D eigenvalue weighted by Crippen LogP contribution is 2.42. The van der Waals surface area contributed by atoms with E-state index in [2.05, 4.69) is 28.1 Å². The molecule has 1 heterocycles. The topological polar surface area (TPSA) is 58.2 Å². The summed E-state index contributed by atoms with van der Waals surface area (Å²) in [4.78, 5) is 25.5. The molecule has 1 aromatic heterocycles. The number of hydrogen-bond acceptors (Lipinski definition) is 3. The predicted octanol–water partition coefficient (Wildman–Crippen LogP) is 2.98. The van der Waals surface area contributed by atoms with Crippen LogP contribution in [0, 0.1) is 5.92 Å². The zero-order valence-corrected chi connectivity index (χ0v) is 14.4. The molecule has 0 bridgehead atoms. The van der Waals surface area contributed by atoms with Gasteiger partial charge in [0.25, 0.3) is 0 Å². The number of amides is 2. The average molecular weight is 334 g/mol. The molecule has 0 radical (unpaired) electrons. The van der Waals surface area contributed by atoms with Gasteiger partial charge in [0.1, 0.15) is 0 Å². The molecular weight excluding hydrogens is 308 g/mol. The Bertz CT molecular complexity index is 529. The van der Waals surface area contributed by atoms with Crippen molar-refractivity contribution in [2.45, 2.75) is 56.8 Å². The first-order chi connectivity index (χ1) is 11.2. The molecule has 0 unspecified atom stereocenters. The normalized spacial score (nSPS) is 20.5. The third-order valence-electron chi connectivity index (χ3n) is 5.38. The van der Waals surface area contributed by atoms with Gasteiger partial charge in [0, 0.05) is 22.8 Å². The Labute approximate surface area is 142 Å². The van der Waals surface area contributed by atoms with E-state index in [0.29, 0.717) is 6.54 Å². The fraction of sp³-hybridized carbons (Fsp3) is 0.667. The van der Waals surface area contributed by atoms with E-state index in [1.54, 1.807) is 11.3 Å². The van der Waals surface area contributed by atoms with Crippen molar-refractivity contribution >= 4 is 23.2 Å². The third kappa shape index (κ3) is 3.94. The van der Waals surface area contributed by atoms with Gasteiger partial charge in [0.2, 0.25) is 11.8 Å². The maximum absolute atomic E-state index is 12.1. The number of carbonyl (C=O) groups excluding carboxylic acids is 2. The van der Waals surface area contributed by atoms with Crippen molar-refractivity contribution in [3.05, 3.63) is 22.4 Å². The van der Waals surface area contributed by atoms with Gasteiger partial charge in [0.05, 0.1) is 6.54 Å². The third-order valence-corrected chi connectivity index (χ3v) is 6.49. The molecule has 2 amide bonds. The summed E-state index contributed by atoms with van der Waals surface area (Å²) in [7, 11) is 0. The molecule has 126 valence electrons. The molecule has 0 atom stereocenters. The molecule has 4 nitrogen and oxygen atoms in total. The average Bonchev–Trinajstić information content (AvgIpc) is 3.32. The lowest BCUT2D eigenvalue weighted by atomic mass is 9.84. The zero-order valence-electron chi connectivity index (χ0n) is 13.6. The maximum Gasteiger partial charge on any atom is 0.239 e. The van der Waals surface area contributed by atoms with Gasteiger partial charge in [-0.15, -0.1) is 11.3 Å². The fourth-order valence-corrected chi connectivity index (χ4v) is 4.96. The minimum atomic E-state index is -0.0702. The number of nitrogens with one attached hydrogen (secondary N) is 2. The van der Waals surface area contributed by atoms with Gasteiger partial charge in [-0.25, -0.2) is 0 Å². The highest BCUT2D eigenvalue weighted by Gasteiger charge is 2.36. The van der Waals surface area contributed by atoms with Crippen LogP contribution in [0.1, 0.15) is 56.2 Å². The predicted molar refractivity (Wildman–Crippen MR) is 92.4 cm³/mol. The molecule has 1 aromatic rings. The van der Waals surface area contributed by atoms with Crippen molar-refractivity contribution in [1.82, 2.24) is 10.6 Å². The minimum Gasteiger partial charge on any atom is -0.354 e. The molecule has 23 heavy (non-hydrogen) atoms. The second-order valence-electron chi connectivity index (χ2n) is 6.94. The summed E-state index contributed by atoms with van der Waals surface area (Å²) >= 11 is 1.78. The fourth-order valence-electron chi connectivity index (χ4n) is 3.97. The maximum atomic E-state index is 12.1. The lowest BCUT2D eigenvalue weighted by Gasteiger charge is -2.28. The Morgan fingerprint density at radius 1 is 1.13 bits per heavy atom. The van der Waals surface area contributed by atoms with Crippen molar-refractivity contribution in [3.8, 4) is 0 Å². The molecule has 3 rings (SSSR count). The number of hydrogen-bond donors (Lipinski definition) is 2. The van der Waals surface area contributed by atoms with Crippen molar-refractivity contribution < 1.29 is 9.59 Å². The molecule has 2 aliphatic carbocycles. The summed E-state index contributed by atoms with van der Waals surface area (Å²) < 4.78 is 0. The molecule has 0 aliphatic heterocycles. The van der Waals surface area contributed by atoms with Gasteiger partial charge in [0.15, 0.2) is 0 Å². The van der Waals surface area contributed by atoms with E-state index in [0.717, 1.165) is 38.5 Å². The van der Waals surface area contributed by atoms with Gasteiger partial charge in [-0.1, -0.05) is 31.7 Å². The molecular formula is C18H26N2O2S. The van der Waals surface area contributed by atoms with E-state index in [1.165, 1.54) is 17.7 Å². The van der Waals surface area contributed by atoms with Crippen molar-refractivity contribution in [1.29, 1.82) is 0 Å². The largest absolute Gasteiger partial charge is 0.354 e. The molecule has 0 aromatic carbocycles. The number of thiophene rings is 1. The van der Waals surface area contributed by atoms with Crippen LogP contribution in [0.25, 0.3) is 0 Å². The second kappa shape index (κ2) is 7.47. The first-order valence-electron chi connectivity index (χ1n) is 8.78. The molecule has 2 fully saturated rings. The van der Waals surface area contributed by atoms with Crippen LogP contribution in [0.15, 0.2) is 17.5 Å². The van der Waals surface area contributed by atoms with Gasteiger partial charge in [-0.3, -0.25) is 9.59 Å². The summed E-state index contributed by atoms with van der Waals surface area (Å²) in [6.45, 7) is 0.793. The summed E-state index contributed by atoms with van der Waals surface area (Å²) in [5.74, 6) is 0.0979. The molecule has 2 aliphatic rings. The molecule has 0 saturated heterocycles. The van der Waals surface area contributed by atoms with Crippen molar-refractivity contribution in [2.75, 3.05) is 13.1 Å². The van der Waals surface area contributed by atoms with E-state index in [9.17, 15) is 9.59 Å². The highest BCUT2D eigenvalue weighted by atomic mass is 32.1. The van der Waals surface area contributed by atoms with Gasteiger partial charge < -0.3 is 10.6 Å². The van der Waals surface area contributed by atoms with Crippen LogP contribution in [-0.4, -0.2) is 24.9 Å². The standard InChI is InChI=1S/C18H26N2O2S/c21-16(12-19-17(22)14-6-1-2-7-14)20-13-18(9-3-4-10-18)15-8-5-11-23-15/h5,8,11,14H,1-4,6-7,9-10,12-13H2,(H,19,22)(H,20,21). The molecule has 2 saturated carbocycles. The van der Waals surface area contributed by atoms with Crippen LogP contribution >= 0.6 is 11.3 Å². The zero-order chi connectivity index (χ0) is 16.1. The Morgan fingerprint density at radius 2 is 1.87 bits per heavy atom. The lowest BCUT2D eigenvalue weighted by Crippen LogP contribution is -2.44. The smallest absolute Gasteiger partial charge is 0.239 e. The van der Waals surface area contributed by atoms with Crippen LogP contribution in [0.5, 0.6) is 0 Å². The van der Waals surface area contributed by atoms with Crippen LogP contribution in [-0.2, 0) is 15.0 Å². The van der Waals surface area contributed by atoms with Gasteiger partial charge in [-0.05, 0) is 37.1 Å². The van der Waals surface area contributed by atoms with Crippen LogP contribution < -0.4 is 10.6 Å². The Hall–Kier alpha value is -1.36. The van der Waals surface area contributed by atoms with Gasteiger partial charge >= 0.3 is 0 Å². The lowest BCUT2D eigenvalue weighted by molar-refractivity contribution is -0.128. The van der Waals surface area contributed by atoms with Crippen molar-refractivity contribution in [2.24, 2.45) is 5.92 Å². The summed E-state index contributed by atoms with van der Waals surface area (Å²) in [5, 5.41) is 7.96. The van der Waals surface area contributed by atoms with Crippen LogP contribution in [0.3, 0.4) is 0 Å². The van der Waals surface area contributed by atoms with E-state index in [-0.39, 0.29) is 29.7 Å². The monoisotopic (exact) mass is 334 g/mol.